The number of rotatable bonds is 11. The van der Waals surface area contributed by atoms with Gasteiger partial charge >= 0.3 is 5.97 Å². The molecule has 0 N–H and O–H groups in total. The summed E-state index contributed by atoms with van der Waals surface area (Å²) in [6.07, 6.45) is -0.249. The molecule has 2 fully saturated rings. The highest BCUT2D eigenvalue weighted by atomic mass is 16.8. The number of esters is 1. The molecule has 9 nitrogen and oxygen atoms in total. The van der Waals surface area contributed by atoms with Crippen LogP contribution in [-0.4, -0.2) is 56.4 Å². The van der Waals surface area contributed by atoms with Crippen LogP contribution in [0.3, 0.4) is 0 Å². The minimum Gasteiger partial charge on any atom is -0.469 e. The Bertz CT molecular complexity index is 752. The van der Waals surface area contributed by atoms with Gasteiger partial charge in [-0.1, -0.05) is 35.4 Å². The summed E-state index contributed by atoms with van der Waals surface area (Å²) in [7, 11) is 1.38. The van der Waals surface area contributed by atoms with Crippen LogP contribution in [0.2, 0.25) is 0 Å². The van der Waals surface area contributed by atoms with Crippen LogP contribution in [0.4, 0.5) is 0 Å². The number of ether oxygens (including phenoxy) is 5. The molecule has 2 heterocycles. The summed E-state index contributed by atoms with van der Waals surface area (Å²) in [5.41, 5.74) is 9.73. The highest BCUT2D eigenvalue weighted by Gasteiger charge is 2.57. The molecule has 9 heteroatoms. The third-order valence-electron chi connectivity index (χ3n) is 5.30. The number of nitrogens with zero attached hydrogens (tertiary/aromatic N) is 3. The average Bonchev–Trinajstić information content (AvgIpc) is 3.46. The Labute approximate surface area is 176 Å². The fourth-order valence-corrected chi connectivity index (χ4v) is 3.86. The van der Waals surface area contributed by atoms with Crippen molar-refractivity contribution in [3.8, 4) is 0 Å². The molecule has 5 atom stereocenters. The minimum atomic E-state index is -0.784. The fraction of sp³-hybridized carbons (Fsp3) is 0.667. The van der Waals surface area contributed by atoms with Gasteiger partial charge in [0.1, 0.15) is 12.2 Å². The van der Waals surface area contributed by atoms with E-state index in [1.54, 1.807) is 0 Å². The lowest BCUT2D eigenvalue weighted by molar-refractivity contribution is -0.147. The van der Waals surface area contributed by atoms with Crippen LogP contribution in [0, 0.1) is 5.92 Å². The van der Waals surface area contributed by atoms with Crippen LogP contribution in [0.5, 0.6) is 0 Å². The largest absolute Gasteiger partial charge is 0.469 e. The van der Waals surface area contributed by atoms with Gasteiger partial charge in [-0.15, -0.1) is 0 Å². The summed E-state index contributed by atoms with van der Waals surface area (Å²) in [6.45, 7) is 4.81. The van der Waals surface area contributed by atoms with Crippen molar-refractivity contribution in [3.05, 3.63) is 46.3 Å². The van der Waals surface area contributed by atoms with Gasteiger partial charge in [-0.25, -0.2) is 0 Å². The Morgan fingerprint density at radius 3 is 2.73 bits per heavy atom. The van der Waals surface area contributed by atoms with E-state index in [9.17, 15) is 4.79 Å². The second kappa shape index (κ2) is 10.2. The predicted molar refractivity (Wildman–Crippen MR) is 107 cm³/mol. The van der Waals surface area contributed by atoms with Crippen LogP contribution in [-0.2, 0) is 35.1 Å². The molecule has 0 saturated carbocycles. The highest BCUT2D eigenvalue weighted by Crippen LogP contribution is 2.43. The van der Waals surface area contributed by atoms with Crippen molar-refractivity contribution >= 4 is 5.97 Å². The lowest BCUT2D eigenvalue weighted by Crippen LogP contribution is -2.33. The highest BCUT2D eigenvalue weighted by molar-refractivity contribution is 5.69. The smallest absolute Gasteiger partial charge is 0.305 e. The second-order valence-electron chi connectivity index (χ2n) is 7.98. The first-order valence-corrected chi connectivity index (χ1v) is 10.1. The van der Waals surface area contributed by atoms with E-state index < -0.39 is 5.79 Å². The SMILES string of the molecule is COC(=O)C[C@@H](CCOCc1ccccc1)[C@@H]1OC1[C@@H]1OC(C)(C)OC1CN=[N+]=[N-]. The molecule has 0 aliphatic carbocycles. The number of azide groups is 1. The molecule has 2 unspecified atom stereocenters. The fourth-order valence-electron chi connectivity index (χ4n) is 3.86. The molecule has 2 saturated heterocycles. The van der Waals surface area contributed by atoms with Gasteiger partial charge < -0.3 is 23.7 Å². The first-order chi connectivity index (χ1) is 14.4. The monoisotopic (exact) mass is 419 g/mol. The first kappa shape index (κ1) is 22.5. The number of carbonyl (C=O) groups excluding carboxylic acids is 1. The average molecular weight is 419 g/mol. The maximum absolute atomic E-state index is 11.9. The van der Waals surface area contributed by atoms with Gasteiger partial charge in [0.05, 0.1) is 38.9 Å². The third kappa shape index (κ3) is 6.17. The standard InChI is InChI=1S/C21H29N3O6/c1-21(2)29-16(12-23-24-22)19(30-21)20-18(28-20)15(11-17(25)26-3)9-10-27-13-14-7-5-4-6-8-14/h4-8,15-16,18-20H,9-13H2,1-3H3/t15-,16?,18+,19-,20?/m1/s1. The summed E-state index contributed by atoms with van der Waals surface area (Å²) in [5, 5.41) is 3.63. The van der Waals surface area contributed by atoms with Crippen molar-refractivity contribution in [3.63, 3.8) is 0 Å². The summed E-state index contributed by atoms with van der Waals surface area (Å²) in [6, 6.07) is 9.93. The third-order valence-corrected chi connectivity index (χ3v) is 5.30. The Morgan fingerprint density at radius 2 is 2.03 bits per heavy atom. The first-order valence-electron chi connectivity index (χ1n) is 10.1. The molecule has 3 rings (SSSR count). The van der Waals surface area contributed by atoms with Crippen LogP contribution in [0.1, 0.15) is 32.3 Å². The van der Waals surface area contributed by atoms with E-state index in [1.807, 2.05) is 44.2 Å². The maximum atomic E-state index is 11.9. The van der Waals surface area contributed by atoms with Crippen LogP contribution in [0.25, 0.3) is 10.4 Å². The Hall–Kier alpha value is -2.16. The maximum Gasteiger partial charge on any atom is 0.305 e. The molecular weight excluding hydrogens is 390 g/mol. The molecule has 0 radical (unpaired) electrons. The van der Waals surface area contributed by atoms with E-state index in [2.05, 4.69) is 10.0 Å². The van der Waals surface area contributed by atoms with Gasteiger partial charge in [-0.2, -0.15) is 0 Å². The van der Waals surface area contributed by atoms with Crippen molar-refractivity contribution in [2.45, 2.75) is 63.5 Å². The molecule has 0 spiro atoms. The topological polar surface area (TPSA) is 115 Å². The Morgan fingerprint density at radius 1 is 1.27 bits per heavy atom. The van der Waals surface area contributed by atoms with Gasteiger partial charge in [0.2, 0.25) is 0 Å². The van der Waals surface area contributed by atoms with Gasteiger partial charge in [-0.05, 0) is 31.4 Å². The number of hydrogen-bond acceptors (Lipinski definition) is 7. The van der Waals surface area contributed by atoms with Gasteiger partial charge in [0.15, 0.2) is 5.79 Å². The number of methoxy groups -OCH3 is 1. The van der Waals surface area contributed by atoms with E-state index in [1.165, 1.54) is 7.11 Å². The van der Waals surface area contributed by atoms with E-state index in [-0.39, 0.29) is 49.3 Å². The predicted octanol–water partition coefficient (Wildman–Crippen LogP) is 3.37. The number of carbonyl (C=O) groups is 1. The Kier molecular flexibility index (Phi) is 7.69. The van der Waals surface area contributed by atoms with Gasteiger partial charge in [0, 0.05) is 17.4 Å². The lowest BCUT2D eigenvalue weighted by atomic mass is 9.93. The van der Waals surface area contributed by atoms with Crippen LogP contribution in [0.15, 0.2) is 35.4 Å². The number of benzene rings is 1. The van der Waals surface area contributed by atoms with Crippen LogP contribution < -0.4 is 0 Å². The van der Waals surface area contributed by atoms with Gasteiger partial charge in [0.25, 0.3) is 0 Å². The number of epoxide rings is 1. The molecule has 1 aromatic rings. The quantitative estimate of drug-likeness (QED) is 0.136. The normalized spacial score (nSPS) is 27.8. The van der Waals surface area contributed by atoms with Crippen molar-refractivity contribution in [2.24, 2.45) is 11.0 Å². The number of hydrogen-bond donors (Lipinski definition) is 0. The van der Waals surface area contributed by atoms with E-state index in [4.69, 9.17) is 29.2 Å². The summed E-state index contributed by atoms with van der Waals surface area (Å²) < 4.78 is 28.4. The molecule has 2 aliphatic rings. The molecule has 0 aromatic heterocycles. The molecule has 164 valence electrons. The van der Waals surface area contributed by atoms with Crippen molar-refractivity contribution in [1.29, 1.82) is 0 Å². The molecule has 0 amide bonds. The van der Waals surface area contributed by atoms with Crippen LogP contribution >= 0.6 is 0 Å². The Balaban J connectivity index is 1.56. The molecule has 2 aliphatic heterocycles. The molecule has 1 aromatic carbocycles. The summed E-state index contributed by atoms with van der Waals surface area (Å²) >= 11 is 0. The van der Waals surface area contributed by atoms with Crippen molar-refractivity contribution in [1.82, 2.24) is 0 Å². The second-order valence-corrected chi connectivity index (χ2v) is 7.98. The molecule has 30 heavy (non-hydrogen) atoms. The van der Waals surface area contributed by atoms with Crippen molar-refractivity contribution in [2.75, 3.05) is 20.3 Å². The zero-order chi connectivity index (χ0) is 21.6. The van der Waals surface area contributed by atoms with E-state index >= 15 is 0 Å². The van der Waals surface area contributed by atoms with E-state index in [0.717, 1.165) is 5.56 Å². The zero-order valence-electron chi connectivity index (χ0n) is 17.6. The minimum absolute atomic E-state index is 0.0642. The van der Waals surface area contributed by atoms with Crippen molar-refractivity contribution < 1.29 is 28.5 Å². The zero-order valence-corrected chi connectivity index (χ0v) is 17.6. The lowest BCUT2D eigenvalue weighted by Gasteiger charge is -2.17. The van der Waals surface area contributed by atoms with E-state index in [0.29, 0.717) is 19.6 Å². The molecule has 0 bridgehead atoms. The summed E-state index contributed by atoms with van der Waals surface area (Å²) in [4.78, 5) is 14.7. The summed E-state index contributed by atoms with van der Waals surface area (Å²) in [5.74, 6) is -1.13. The molecular formula is C21H29N3O6. The van der Waals surface area contributed by atoms with Gasteiger partial charge in [-0.3, -0.25) is 4.79 Å².